The number of aliphatic hydroxyl groups excluding tert-OH is 1. The molecule has 2 fully saturated rings. The molecule has 8 aromatic carbocycles. The lowest BCUT2D eigenvalue weighted by molar-refractivity contribution is -0.172. The van der Waals surface area contributed by atoms with E-state index in [1.54, 1.807) is 0 Å². The second kappa shape index (κ2) is 35.4. The molecule has 105 heavy (non-hydrogen) atoms. The number of aliphatic hydroxyl groups is 1. The van der Waals surface area contributed by atoms with Crippen LogP contribution in [0.1, 0.15) is 122 Å². The zero-order chi connectivity index (χ0) is 73.3. The predicted octanol–water partition coefficient (Wildman–Crippen LogP) is 20.9. The van der Waals surface area contributed by atoms with Crippen molar-refractivity contribution in [3.05, 3.63) is 305 Å². The molecule has 0 aliphatic carbocycles. The lowest BCUT2D eigenvalue weighted by Crippen LogP contribution is -2.28. The van der Waals surface area contributed by atoms with Gasteiger partial charge in [0.25, 0.3) is 0 Å². The van der Waals surface area contributed by atoms with Crippen molar-refractivity contribution in [1.29, 1.82) is 0 Å². The average molecular weight is 1440 g/mol. The minimum Gasteiger partial charge on any atom is -0.388 e. The standard InChI is InChI=1S/C24H24N2O2.C22H22N2O.C22H20N2O.C12H15ClO2.C10H11ClO/c1-17-8-9-20-21-10-12-25-18(2)23(21)26(22(20)16-17)13-11-24(27-14-15-28-24)19-6-4-3-5-7-19;2*1-15-8-9-18-19-10-12-23-16(2)22(19)24(20(18)14-15)13-11-21(25)17-6-4-3-5-7-17;13-8-4-7-12(14-9-10-15-12)11-5-2-1-3-6-11;11-8-4-7-10(12)9-5-2-1-3-6-9/h3-10,12,16H,11,13-15H2,1-2H3;3-10,12,14,21,25H,11,13H2,1-2H3;3-10,12,14H,11,13H2,1-2H3;1-3,5-6H,4,7-10H2;1-3,5-6H,4,7-8H2. The van der Waals surface area contributed by atoms with Crippen molar-refractivity contribution in [2.75, 3.05) is 38.2 Å². The summed E-state index contributed by atoms with van der Waals surface area (Å²) in [4.78, 5) is 37.4. The Labute approximate surface area is 625 Å². The number of aromatic nitrogens is 6. The summed E-state index contributed by atoms with van der Waals surface area (Å²) in [6.45, 7) is 17.3. The van der Waals surface area contributed by atoms with Crippen molar-refractivity contribution in [3.8, 4) is 0 Å². The summed E-state index contributed by atoms with van der Waals surface area (Å²) in [6.07, 6.45) is 10.1. The Morgan fingerprint density at radius 2 is 0.762 bits per heavy atom. The minimum atomic E-state index is -0.676. The van der Waals surface area contributed by atoms with Gasteiger partial charge < -0.3 is 37.8 Å². The summed E-state index contributed by atoms with van der Waals surface area (Å²) < 4.78 is 30.7. The highest BCUT2D eigenvalue weighted by Gasteiger charge is 2.39. The van der Waals surface area contributed by atoms with Gasteiger partial charge in [-0.1, -0.05) is 188 Å². The van der Waals surface area contributed by atoms with Crippen molar-refractivity contribution in [2.24, 2.45) is 0 Å². The van der Waals surface area contributed by atoms with Crippen LogP contribution in [0.4, 0.5) is 0 Å². The molecule has 0 saturated carbocycles. The van der Waals surface area contributed by atoms with Gasteiger partial charge in [0.05, 0.1) is 66.2 Å². The number of hydrogen-bond acceptors (Lipinski definition) is 10. The van der Waals surface area contributed by atoms with E-state index in [0.717, 1.165) is 89.2 Å². The van der Waals surface area contributed by atoms with Gasteiger partial charge in [-0.05, 0) is 119 Å². The molecule has 0 bridgehead atoms. The summed E-state index contributed by atoms with van der Waals surface area (Å²) in [6, 6.07) is 75.1. The fraction of sp³-hybridized carbons (Fsp3) is 0.278. The van der Waals surface area contributed by atoms with Gasteiger partial charge in [0.15, 0.2) is 23.1 Å². The van der Waals surface area contributed by atoms with Crippen LogP contribution < -0.4 is 0 Å². The lowest BCUT2D eigenvalue weighted by Gasteiger charge is -2.28. The van der Waals surface area contributed by atoms with Crippen LogP contribution in [-0.2, 0) is 50.2 Å². The number of ether oxygens (including phenoxy) is 4. The molecular formula is C90H92Cl2N6O7. The number of ketones is 2. The van der Waals surface area contributed by atoms with Crippen LogP contribution in [0.15, 0.2) is 243 Å². The van der Waals surface area contributed by atoms with Crippen molar-refractivity contribution in [1.82, 2.24) is 28.7 Å². The fourth-order valence-electron chi connectivity index (χ4n) is 14.5. The van der Waals surface area contributed by atoms with Crippen molar-refractivity contribution >= 4 is 100 Å². The van der Waals surface area contributed by atoms with Gasteiger partial charge in [0, 0.05) is 147 Å². The molecule has 13 nitrogen and oxygen atoms in total. The highest BCUT2D eigenvalue weighted by atomic mass is 35.5. The molecule has 8 heterocycles. The summed E-state index contributed by atoms with van der Waals surface area (Å²) in [5.74, 6) is 0.321. The number of Topliss-reactive ketones (excluding diaryl/α,β-unsaturated/α-hetero) is 2. The van der Waals surface area contributed by atoms with Gasteiger partial charge in [-0.15, -0.1) is 23.2 Å². The molecule has 2 saturated heterocycles. The topological polar surface area (TPSA) is 145 Å². The maximum Gasteiger partial charge on any atom is 0.196 e. The lowest BCUT2D eigenvalue weighted by atomic mass is 10.0. The Bertz CT molecular complexity index is 5210. The predicted molar refractivity (Wildman–Crippen MR) is 427 cm³/mol. The summed E-state index contributed by atoms with van der Waals surface area (Å²) in [5.41, 5.74) is 18.6. The molecule has 16 rings (SSSR count). The minimum absolute atomic E-state index is 0.171. The van der Waals surface area contributed by atoms with E-state index in [1.807, 2.05) is 165 Å². The second-order valence-electron chi connectivity index (χ2n) is 26.9. The first-order valence-electron chi connectivity index (χ1n) is 36.4. The molecule has 6 aromatic heterocycles. The van der Waals surface area contributed by atoms with E-state index in [0.29, 0.717) is 64.0 Å². The van der Waals surface area contributed by atoms with Crippen LogP contribution in [0.2, 0.25) is 0 Å². The zero-order valence-electron chi connectivity index (χ0n) is 60.8. The molecule has 0 amide bonds. The maximum atomic E-state index is 12.5. The smallest absolute Gasteiger partial charge is 0.196 e. The third-order valence-corrected chi connectivity index (χ3v) is 20.2. The molecular weight excluding hydrogens is 1350 g/mol. The number of benzene rings is 8. The molecule has 1 unspecified atom stereocenters. The Morgan fingerprint density at radius 3 is 1.16 bits per heavy atom. The van der Waals surface area contributed by atoms with Gasteiger partial charge in [0.2, 0.25) is 0 Å². The SMILES string of the molecule is Cc1ccc2c3ccnc(C)c3n(CCC(=O)c3ccccc3)c2c1.Cc1ccc2c3ccnc(C)c3n(CCC(O)c3ccccc3)c2c1.Cc1ccc2c3ccnc(C)c3n(CCC3(c4ccccc4)OCCO3)c2c1.ClCCCC1(c2ccccc2)OCCO1.O=C(CCCCl)c1ccccc1. The quantitative estimate of drug-likeness (QED) is 0.0578. The molecule has 14 aromatic rings. The zero-order valence-corrected chi connectivity index (χ0v) is 62.3. The molecule has 2 aliphatic rings. The van der Waals surface area contributed by atoms with Crippen LogP contribution in [0.25, 0.3) is 65.4 Å². The molecule has 2 aliphatic heterocycles. The highest BCUT2D eigenvalue weighted by molar-refractivity contribution is 6.18. The number of rotatable bonds is 20. The molecule has 15 heteroatoms. The summed E-state index contributed by atoms with van der Waals surface area (Å²) >= 11 is 11.2. The number of alkyl halides is 2. The van der Waals surface area contributed by atoms with Crippen LogP contribution in [0, 0.1) is 41.5 Å². The van der Waals surface area contributed by atoms with Crippen molar-refractivity contribution in [3.63, 3.8) is 0 Å². The van der Waals surface area contributed by atoms with Crippen LogP contribution in [-0.4, -0.2) is 83.5 Å². The Morgan fingerprint density at radius 1 is 0.410 bits per heavy atom. The molecule has 0 radical (unpaired) electrons. The Balaban J connectivity index is 0.000000127. The third-order valence-electron chi connectivity index (χ3n) is 19.7. The van der Waals surface area contributed by atoms with Crippen LogP contribution >= 0.6 is 23.2 Å². The van der Waals surface area contributed by atoms with Crippen LogP contribution in [0.5, 0.6) is 0 Å². The van der Waals surface area contributed by atoms with Gasteiger partial charge >= 0.3 is 0 Å². The monoisotopic (exact) mass is 1440 g/mol. The largest absolute Gasteiger partial charge is 0.388 e. The number of fused-ring (bicyclic) bond motifs is 9. The van der Waals surface area contributed by atoms with E-state index in [1.165, 1.54) is 76.6 Å². The first-order valence-corrected chi connectivity index (χ1v) is 37.5. The van der Waals surface area contributed by atoms with Crippen molar-refractivity contribution in [2.45, 2.75) is 124 Å². The summed E-state index contributed by atoms with van der Waals surface area (Å²) in [7, 11) is 0. The molecule has 538 valence electrons. The number of halogens is 2. The van der Waals surface area contributed by atoms with E-state index in [2.05, 4.69) is 148 Å². The Kier molecular flexibility index (Phi) is 25.3. The van der Waals surface area contributed by atoms with Gasteiger partial charge in [0.1, 0.15) is 0 Å². The number of carbonyl (C=O) groups is 2. The summed E-state index contributed by atoms with van der Waals surface area (Å²) in [5, 5.41) is 18.0. The van der Waals surface area contributed by atoms with Crippen molar-refractivity contribution < 1.29 is 33.6 Å². The van der Waals surface area contributed by atoms with E-state index in [-0.39, 0.29) is 11.6 Å². The third kappa shape index (κ3) is 17.5. The fourth-order valence-corrected chi connectivity index (χ4v) is 14.8. The van der Waals surface area contributed by atoms with E-state index in [4.69, 9.17) is 42.1 Å². The van der Waals surface area contributed by atoms with E-state index < -0.39 is 17.7 Å². The molecule has 1 atom stereocenters. The second-order valence-corrected chi connectivity index (χ2v) is 27.7. The number of carbonyl (C=O) groups excluding carboxylic acids is 2. The number of hydrogen-bond donors (Lipinski definition) is 1. The molecule has 1 N–H and O–H groups in total. The first kappa shape index (κ1) is 75.0. The Hall–Kier alpha value is -9.67. The van der Waals surface area contributed by atoms with E-state index >= 15 is 0 Å². The maximum absolute atomic E-state index is 12.5. The van der Waals surface area contributed by atoms with Gasteiger partial charge in [-0.25, -0.2) is 0 Å². The molecule has 0 spiro atoms. The number of aryl methyl sites for hydroxylation is 9. The first-order chi connectivity index (χ1) is 51.2. The van der Waals surface area contributed by atoms with Gasteiger partial charge in [-0.2, -0.15) is 0 Å². The number of pyridine rings is 3. The number of nitrogens with zero attached hydrogens (tertiary/aromatic N) is 6. The highest BCUT2D eigenvalue weighted by Crippen LogP contribution is 2.40. The normalized spacial score (nSPS) is 13.9. The van der Waals surface area contributed by atoms with Gasteiger partial charge in [-0.3, -0.25) is 24.5 Å². The van der Waals surface area contributed by atoms with Crippen LogP contribution in [0.3, 0.4) is 0 Å². The van der Waals surface area contributed by atoms with E-state index in [9.17, 15) is 14.7 Å². The average Bonchev–Trinajstić information content (AvgIpc) is 1.61.